The van der Waals surface area contributed by atoms with Crippen LogP contribution in [0.2, 0.25) is 0 Å². The van der Waals surface area contributed by atoms with Gasteiger partial charge in [-0.15, -0.1) is 6.42 Å². The fourth-order valence-electron chi connectivity index (χ4n) is 2.19. The van der Waals surface area contributed by atoms with Gasteiger partial charge in [0.15, 0.2) is 11.5 Å². The number of carbonyl (C=O) groups is 2. The van der Waals surface area contributed by atoms with E-state index in [2.05, 4.69) is 44.4 Å². The molecule has 7 nitrogen and oxygen atoms in total. The number of benzene rings is 2. The fourth-order valence-corrected chi connectivity index (χ4v) is 2.97. The first-order valence-electron chi connectivity index (χ1n) is 8.24. The van der Waals surface area contributed by atoms with Crippen LogP contribution in [0.5, 0.6) is 11.5 Å². The van der Waals surface area contributed by atoms with Gasteiger partial charge < -0.3 is 14.8 Å². The number of carbonyl (C=O) groups excluding carboxylic acids is 2. The third kappa shape index (κ3) is 6.76. The molecule has 2 N–H and O–H groups in total. The molecule has 0 atom stereocenters. The molecule has 0 aliphatic rings. The minimum atomic E-state index is -0.658. The average molecular weight is 509 g/mol. The molecule has 0 aromatic heterocycles. The Kier molecular flexibility index (Phi) is 8.42. The first-order valence-corrected chi connectivity index (χ1v) is 9.32. The number of halogens is 2. The number of rotatable bonds is 8. The number of hydrogen-bond donors (Lipinski definition) is 2. The van der Waals surface area contributed by atoms with E-state index < -0.39 is 24.1 Å². The highest BCUT2D eigenvalue weighted by atomic mass is 127. The Bertz CT molecular complexity index is 973. The number of amides is 2. The molecule has 0 saturated heterocycles. The van der Waals surface area contributed by atoms with Gasteiger partial charge in [-0.25, -0.2) is 9.82 Å². The molecular weight excluding hydrogens is 492 g/mol. The third-order valence-corrected chi connectivity index (χ3v) is 4.22. The summed E-state index contributed by atoms with van der Waals surface area (Å²) in [6, 6.07) is 9.09. The quantitative estimate of drug-likeness (QED) is 0.188. The van der Waals surface area contributed by atoms with Gasteiger partial charge in [0.2, 0.25) is 11.8 Å². The largest absolute Gasteiger partial charge is 0.493 e. The molecule has 0 unspecified atom stereocenters. The van der Waals surface area contributed by atoms with Crippen molar-refractivity contribution in [1.82, 2.24) is 5.43 Å². The van der Waals surface area contributed by atoms with Crippen LogP contribution in [0, 0.1) is 21.7 Å². The molecule has 0 heterocycles. The molecule has 0 saturated carbocycles. The zero-order valence-electron chi connectivity index (χ0n) is 15.4. The van der Waals surface area contributed by atoms with Gasteiger partial charge in [0.05, 0.1) is 22.6 Å². The number of anilines is 1. The number of hydrazone groups is 1. The second-order valence-corrected chi connectivity index (χ2v) is 6.69. The minimum absolute atomic E-state index is 0.00242. The molecule has 150 valence electrons. The van der Waals surface area contributed by atoms with Gasteiger partial charge in [-0.2, -0.15) is 5.10 Å². The van der Waals surface area contributed by atoms with Gasteiger partial charge in [0, 0.05) is 0 Å². The molecule has 0 spiro atoms. The Morgan fingerprint density at radius 2 is 2.07 bits per heavy atom. The van der Waals surface area contributed by atoms with Crippen molar-refractivity contribution in [3.8, 4) is 23.8 Å². The summed E-state index contributed by atoms with van der Waals surface area (Å²) in [7, 11) is 1.49. The normalized spacial score (nSPS) is 10.3. The topological polar surface area (TPSA) is 89.0 Å². The smallest absolute Gasteiger partial charge is 0.249 e. The summed E-state index contributed by atoms with van der Waals surface area (Å²) < 4.78 is 25.0. The van der Waals surface area contributed by atoms with E-state index in [1.165, 1.54) is 31.5 Å². The van der Waals surface area contributed by atoms with Gasteiger partial charge in [0.25, 0.3) is 0 Å². The van der Waals surface area contributed by atoms with E-state index in [1.54, 1.807) is 18.2 Å². The molecule has 0 bridgehead atoms. The molecule has 0 aliphatic heterocycles. The first-order chi connectivity index (χ1) is 13.9. The summed E-state index contributed by atoms with van der Waals surface area (Å²) in [6.07, 6.45) is 6.08. The Labute approximate surface area is 180 Å². The lowest BCUT2D eigenvalue weighted by atomic mass is 10.2. The average Bonchev–Trinajstić information content (AvgIpc) is 2.68. The van der Waals surface area contributed by atoms with E-state index in [-0.39, 0.29) is 12.3 Å². The van der Waals surface area contributed by atoms with Crippen LogP contribution >= 0.6 is 22.6 Å². The summed E-state index contributed by atoms with van der Waals surface area (Å²) in [5, 5.41) is 6.14. The maximum Gasteiger partial charge on any atom is 0.249 e. The Balaban J connectivity index is 1.94. The van der Waals surface area contributed by atoms with Crippen LogP contribution in [0.1, 0.15) is 12.0 Å². The number of terminal acetylenes is 1. The van der Waals surface area contributed by atoms with Crippen molar-refractivity contribution in [2.75, 3.05) is 19.0 Å². The summed E-state index contributed by atoms with van der Waals surface area (Å²) >= 11 is 2.06. The van der Waals surface area contributed by atoms with Crippen LogP contribution < -0.4 is 20.2 Å². The van der Waals surface area contributed by atoms with Gasteiger partial charge >= 0.3 is 0 Å². The fraction of sp³-hybridized carbons (Fsp3) is 0.150. The van der Waals surface area contributed by atoms with Crippen molar-refractivity contribution in [2.45, 2.75) is 6.42 Å². The molecule has 29 heavy (non-hydrogen) atoms. The van der Waals surface area contributed by atoms with E-state index in [0.717, 1.165) is 3.57 Å². The summed E-state index contributed by atoms with van der Waals surface area (Å²) in [6.45, 7) is 0.102. The molecule has 2 amide bonds. The molecule has 9 heteroatoms. The van der Waals surface area contributed by atoms with Crippen LogP contribution in [-0.4, -0.2) is 31.7 Å². The summed E-state index contributed by atoms with van der Waals surface area (Å²) in [4.78, 5) is 23.7. The Hall–Kier alpha value is -3.13. The van der Waals surface area contributed by atoms with Crippen molar-refractivity contribution < 1.29 is 23.5 Å². The molecule has 2 aromatic carbocycles. The van der Waals surface area contributed by atoms with Gasteiger partial charge in [-0.05, 0) is 52.4 Å². The third-order valence-electron chi connectivity index (χ3n) is 3.42. The molecule has 0 radical (unpaired) electrons. The highest BCUT2D eigenvalue weighted by molar-refractivity contribution is 14.1. The second kappa shape index (κ2) is 11.0. The molecule has 0 fully saturated rings. The predicted octanol–water partition coefficient (Wildman–Crippen LogP) is 2.93. The maximum absolute atomic E-state index is 13.5. The van der Waals surface area contributed by atoms with Crippen molar-refractivity contribution >= 4 is 46.3 Å². The lowest BCUT2D eigenvalue weighted by Gasteiger charge is -2.11. The van der Waals surface area contributed by atoms with Crippen molar-refractivity contribution in [3.63, 3.8) is 0 Å². The summed E-state index contributed by atoms with van der Waals surface area (Å²) in [5.74, 6) is 1.46. The minimum Gasteiger partial charge on any atom is -0.493 e. The maximum atomic E-state index is 13.5. The van der Waals surface area contributed by atoms with Crippen molar-refractivity contribution in [2.24, 2.45) is 5.10 Å². The van der Waals surface area contributed by atoms with Crippen molar-refractivity contribution in [1.29, 1.82) is 0 Å². The monoisotopic (exact) mass is 509 g/mol. The van der Waals surface area contributed by atoms with E-state index in [1.807, 2.05) is 0 Å². The van der Waals surface area contributed by atoms with Crippen molar-refractivity contribution in [3.05, 3.63) is 51.3 Å². The number of methoxy groups -OCH3 is 1. The molecular formula is C20H17FIN3O4. The Morgan fingerprint density at radius 1 is 1.31 bits per heavy atom. The zero-order chi connectivity index (χ0) is 21.2. The van der Waals surface area contributed by atoms with E-state index in [9.17, 15) is 14.0 Å². The predicted molar refractivity (Wildman–Crippen MR) is 115 cm³/mol. The van der Waals surface area contributed by atoms with Gasteiger partial charge in [0.1, 0.15) is 18.8 Å². The van der Waals surface area contributed by atoms with Crippen LogP contribution in [0.25, 0.3) is 0 Å². The number of hydrogen-bond acceptors (Lipinski definition) is 5. The Morgan fingerprint density at radius 3 is 2.76 bits per heavy atom. The second-order valence-electron chi connectivity index (χ2n) is 5.52. The number of nitrogens with one attached hydrogen (secondary N) is 2. The van der Waals surface area contributed by atoms with E-state index in [4.69, 9.17) is 15.9 Å². The number of ether oxygens (including phenoxy) is 2. The number of nitrogens with zero attached hydrogens (tertiary/aromatic N) is 1. The summed E-state index contributed by atoms with van der Waals surface area (Å²) in [5.41, 5.74) is 2.88. The van der Waals surface area contributed by atoms with Gasteiger partial charge in [-0.1, -0.05) is 18.1 Å². The van der Waals surface area contributed by atoms with Crippen LogP contribution in [0.15, 0.2) is 41.5 Å². The standard InChI is InChI=1S/C20H17FIN3O4/c1-3-8-29-20-15(22)9-13(10-17(20)28-2)12-23-25-19(27)11-18(26)24-16-7-5-4-6-14(16)21/h1,4-7,9-10,12H,8,11H2,2H3,(H,24,26)(H,25,27). The SMILES string of the molecule is C#CCOc1c(I)cc(C=NNC(=O)CC(=O)Nc2ccccc2F)cc1OC. The highest BCUT2D eigenvalue weighted by Crippen LogP contribution is 2.33. The van der Waals surface area contributed by atoms with Crippen LogP contribution in [0.3, 0.4) is 0 Å². The first kappa shape index (κ1) is 22.2. The van der Waals surface area contributed by atoms with E-state index >= 15 is 0 Å². The zero-order valence-corrected chi connectivity index (χ0v) is 17.5. The van der Waals surface area contributed by atoms with Gasteiger partial charge in [-0.3, -0.25) is 9.59 Å². The highest BCUT2D eigenvalue weighted by Gasteiger charge is 2.12. The van der Waals surface area contributed by atoms with Crippen LogP contribution in [0.4, 0.5) is 10.1 Å². The number of para-hydroxylation sites is 1. The lowest BCUT2D eigenvalue weighted by Crippen LogP contribution is -2.24. The molecule has 2 rings (SSSR count). The van der Waals surface area contributed by atoms with E-state index in [0.29, 0.717) is 17.1 Å². The van der Waals surface area contributed by atoms with Crippen LogP contribution in [-0.2, 0) is 9.59 Å². The molecule has 2 aromatic rings. The molecule has 0 aliphatic carbocycles. The lowest BCUT2D eigenvalue weighted by molar-refractivity contribution is -0.126.